The first-order chi connectivity index (χ1) is 13.4. The molecular formula is C20H25ClN4O2S. The van der Waals surface area contributed by atoms with Gasteiger partial charge in [0, 0.05) is 55.2 Å². The number of halogens is 1. The van der Waals surface area contributed by atoms with Crippen LogP contribution in [0.15, 0.2) is 41.4 Å². The molecule has 2 aromatic rings. The number of benzene rings is 1. The van der Waals surface area contributed by atoms with Crippen molar-refractivity contribution < 1.29 is 8.42 Å². The lowest BCUT2D eigenvalue weighted by molar-refractivity contribution is 0.247. The van der Waals surface area contributed by atoms with E-state index in [1.165, 1.54) is 11.6 Å². The number of nitrogens with zero attached hydrogens (tertiary/aromatic N) is 3. The Labute approximate surface area is 171 Å². The molecule has 0 saturated carbocycles. The van der Waals surface area contributed by atoms with Crippen molar-refractivity contribution in [2.45, 2.75) is 30.7 Å². The minimum atomic E-state index is -3.57. The van der Waals surface area contributed by atoms with E-state index in [0.717, 1.165) is 30.9 Å². The summed E-state index contributed by atoms with van der Waals surface area (Å²) in [6, 6.07) is 8.62. The average molecular weight is 421 g/mol. The number of sulfonamides is 1. The zero-order chi connectivity index (χ0) is 19.9. The van der Waals surface area contributed by atoms with Crippen LogP contribution in [0, 0.1) is 5.92 Å². The Hall–Kier alpha value is -1.83. The summed E-state index contributed by atoms with van der Waals surface area (Å²) in [7, 11) is -1.51. The van der Waals surface area contributed by atoms with E-state index in [9.17, 15) is 8.42 Å². The van der Waals surface area contributed by atoms with E-state index >= 15 is 0 Å². The monoisotopic (exact) mass is 420 g/mol. The molecule has 0 amide bonds. The maximum absolute atomic E-state index is 13.2. The van der Waals surface area contributed by atoms with Crippen molar-refractivity contribution in [3.05, 3.63) is 47.1 Å². The van der Waals surface area contributed by atoms with Gasteiger partial charge in [0.1, 0.15) is 5.82 Å². The molecule has 2 atom stereocenters. The third-order valence-corrected chi connectivity index (χ3v) is 7.99. The van der Waals surface area contributed by atoms with Crippen molar-refractivity contribution in [3.8, 4) is 0 Å². The summed E-state index contributed by atoms with van der Waals surface area (Å²) in [5, 5.41) is 3.74. The molecule has 150 valence electrons. The molecule has 1 fully saturated rings. The van der Waals surface area contributed by atoms with Crippen LogP contribution in [-0.4, -0.2) is 50.4 Å². The highest BCUT2D eigenvalue weighted by Gasteiger charge is 2.36. The van der Waals surface area contributed by atoms with E-state index in [0.29, 0.717) is 24.0 Å². The third kappa shape index (κ3) is 3.47. The second kappa shape index (κ2) is 7.54. The van der Waals surface area contributed by atoms with Crippen LogP contribution in [0.25, 0.3) is 0 Å². The molecule has 0 aliphatic carbocycles. The van der Waals surface area contributed by atoms with E-state index in [4.69, 9.17) is 11.6 Å². The van der Waals surface area contributed by atoms with Gasteiger partial charge in [-0.1, -0.05) is 24.6 Å². The van der Waals surface area contributed by atoms with Crippen LogP contribution >= 0.6 is 11.6 Å². The van der Waals surface area contributed by atoms with E-state index in [-0.39, 0.29) is 10.9 Å². The number of anilines is 2. The molecule has 8 heteroatoms. The van der Waals surface area contributed by atoms with Gasteiger partial charge < -0.3 is 10.2 Å². The minimum Gasteiger partial charge on any atom is -0.370 e. The van der Waals surface area contributed by atoms with Crippen molar-refractivity contribution in [2.75, 3.05) is 36.9 Å². The van der Waals surface area contributed by atoms with Crippen LogP contribution in [0.4, 0.5) is 11.5 Å². The molecule has 2 aliphatic heterocycles. The van der Waals surface area contributed by atoms with Gasteiger partial charge in [-0.05, 0) is 43.0 Å². The maximum atomic E-state index is 13.2. The maximum Gasteiger partial charge on any atom is 0.243 e. The van der Waals surface area contributed by atoms with Gasteiger partial charge in [-0.2, -0.15) is 4.31 Å². The molecule has 0 bridgehead atoms. The summed E-state index contributed by atoms with van der Waals surface area (Å²) in [4.78, 5) is 6.90. The lowest BCUT2D eigenvalue weighted by atomic mass is 9.93. The topological polar surface area (TPSA) is 65.5 Å². The van der Waals surface area contributed by atoms with Crippen molar-refractivity contribution >= 4 is 33.1 Å². The van der Waals surface area contributed by atoms with Gasteiger partial charge in [-0.15, -0.1) is 0 Å². The van der Waals surface area contributed by atoms with Crippen molar-refractivity contribution in [3.63, 3.8) is 0 Å². The fraction of sp³-hybridized carbons (Fsp3) is 0.450. The zero-order valence-corrected chi connectivity index (χ0v) is 17.7. The lowest BCUT2D eigenvalue weighted by Gasteiger charge is -2.42. The molecular weight excluding hydrogens is 396 g/mol. The minimum absolute atomic E-state index is 0.0924. The highest BCUT2D eigenvalue weighted by Crippen LogP contribution is 2.34. The molecule has 0 radical (unpaired) electrons. The van der Waals surface area contributed by atoms with E-state index in [1.54, 1.807) is 22.5 Å². The number of hydrogen-bond donors (Lipinski definition) is 1. The van der Waals surface area contributed by atoms with Crippen LogP contribution < -0.4 is 10.2 Å². The second-order valence-electron chi connectivity index (χ2n) is 7.60. The Morgan fingerprint density at radius 2 is 2.14 bits per heavy atom. The number of piperidine rings is 1. The first-order valence-corrected chi connectivity index (χ1v) is 11.4. The van der Waals surface area contributed by atoms with Crippen molar-refractivity contribution in [1.29, 1.82) is 0 Å². The number of rotatable bonds is 4. The Morgan fingerprint density at radius 1 is 1.32 bits per heavy atom. The molecule has 4 rings (SSSR count). The van der Waals surface area contributed by atoms with Crippen LogP contribution in [0.3, 0.4) is 0 Å². The van der Waals surface area contributed by atoms with E-state index < -0.39 is 10.0 Å². The SMILES string of the molecule is C[C@@H]1CCN(S(=O)(=O)c2cccc(Cl)c2)CC1N(C)c1ccnc2c1CCN2. The average Bonchev–Trinajstić information content (AvgIpc) is 3.16. The Morgan fingerprint density at radius 3 is 2.93 bits per heavy atom. The molecule has 1 N–H and O–H groups in total. The standard InChI is InChI=1S/C20H25ClN4O2S/c1-14-8-11-25(28(26,27)16-5-3-4-15(21)12-16)13-19(14)24(2)18-7-10-23-20-17(18)6-9-22-20/h3-5,7,10,12,14,19H,6,8-9,11,13H2,1-2H3,(H,22,23)/t14-,19?/m1/s1. The molecule has 1 unspecified atom stereocenters. The fourth-order valence-electron chi connectivity index (χ4n) is 4.21. The van der Waals surface area contributed by atoms with Crippen molar-refractivity contribution in [1.82, 2.24) is 9.29 Å². The summed E-state index contributed by atoms with van der Waals surface area (Å²) in [6.07, 6.45) is 3.58. The molecule has 28 heavy (non-hydrogen) atoms. The summed E-state index contributed by atoms with van der Waals surface area (Å²) < 4.78 is 27.9. The summed E-state index contributed by atoms with van der Waals surface area (Å²) in [5.74, 6) is 1.32. The fourth-order valence-corrected chi connectivity index (χ4v) is 5.99. The lowest BCUT2D eigenvalue weighted by Crippen LogP contribution is -2.52. The van der Waals surface area contributed by atoms with Gasteiger partial charge >= 0.3 is 0 Å². The first kappa shape index (κ1) is 19.5. The predicted octanol–water partition coefficient (Wildman–Crippen LogP) is 3.24. The van der Waals surface area contributed by atoms with Crippen LogP contribution in [-0.2, 0) is 16.4 Å². The van der Waals surface area contributed by atoms with Gasteiger partial charge in [-0.25, -0.2) is 13.4 Å². The normalized spacial score (nSPS) is 22.5. The predicted molar refractivity (Wildman–Crippen MR) is 113 cm³/mol. The second-order valence-corrected chi connectivity index (χ2v) is 9.97. The largest absolute Gasteiger partial charge is 0.370 e. The highest BCUT2D eigenvalue weighted by atomic mass is 35.5. The van der Waals surface area contributed by atoms with E-state index in [2.05, 4.69) is 29.2 Å². The number of aromatic nitrogens is 1. The smallest absolute Gasteiger partial charge is 0.243 e. The summed E-state index contributed by atoms with van der Waals surface area (Å²) >= 11 is 6.02. The number of fused-ring (bicyclic) bond motifs is 1. The van der Waals surface area contributed by atoms with Crippen LogP contribution in [0.5, 0.6) is 0 Å². The molecule has 1 aromatic heterocycles. The molecule has 3 heterocycles. The van der Waals surface area contributed by atoms with Crippen LogP contribution in [0.2, 0.25) is 5.02 Å². The van der Waals surface area contributed by atoms with Crippen LogP contribution in [0.1, 0.15) is 18.9 Å². The Bertz CT molecular complexity index is 982. The number of hydrogen-bond acceptors (Lipinski definition) is 5. The highest BCUT2D eigenvalue weighted by molar-refractivity contribution is 7.89. The van der Waals surface area contributed by atoms with Gasteiger partial charge in [0.05, 0.1) is 4.90 Å². The Balaban J connectivity index is 1.61. The van der Waals surface area contributed by atoms with E-state index in [1.807, 2.05) is 12.3 Å². The third-order valence-electron chi connectivity index (χ3n) is 5.89. The number of likely N-dealkylation sites (N-methyl/N-ethyl adjacent to an activating group) is 1. The van der Waals surface area contributed by atoms with Gasteiger partial charge in [0.2, 0.25) is 10.0 Å². The Kier molecular flexibility index (Phi) is 5.24. The van der Waals surface area contributed by atoms with Crippen molar-refractivity contribution in [2.24, 2.45) is 5.92 Å². The summed E-state index contributed by atoms with van der Waals surface area (Å²) in [6.45, 7) is 4.07. The molecule has 2 aliphatic rings. The molecule has 1 aromatic carbocycles. The molecule has 0 spiro atoms. The number of nitrogens with one attached hydrogen (secondary N) is 1. The molecule has 6 nitrogen and oxygen atoms in total. The number of pyridine rings is 1. The molecule has 1 saturated heterocycles. The quantitative estimate of drug-likeness (QED) is 0.822. The van der Waals surface area contributed by atoms with Gasteiger partial charge in [0.25, 0.3) is 0 Å². The first-order valence-electron chi connectivity index (χ1n) is 9.58. The van der Waals surface area contributed by atoms with Gasteiger partial charge in [0.15, 0.2) is 0 Å². The summed E-state index contributed by atoms with van der Waals surface area (Å²) in [5.41, 5.74) is 2.35. The van der Waals surface area contributed by atoms with Gasteiger partial charge in [-0.3, -0.25) is 0 Å². The zero-order valence-electron chi connectivity index (χ0n) is 16.1.